The number of nitrogens with zero attached hydrogens (tertiary/aromatic N) is 4. The van der Waals surface area contributed by atoms with Crippen LogP contribution in [0.25, 0.3) is 22.3 Å². The van der Waals surface area contributed by atoms with Gasteiger partial charge in [0, 0.05) is 37.8 Å². The van der Waals surface area contributed by atoms with Gasteiger partial charge in [0.2, 0.25) is 0 Å². The molecular weight excluding hydrogens is 394 g/mol. The Balaban J connectivity index is 1.67. The van der Waals surface area contributed by atoms with Crippen LogP contribution in [-0.4, -0.2) is 64.6 Å². The highest BCUT2D eigenvalue weighted by atomic mass is 16.5. The molecule has 1 aliphatic heterocycles. The van der Waals surface area contributed by atoms with Gasteiger partial charge in [0.1, 0.15) is 17.4 Å². The van der Waals surface area contributed by atoms with Crippen LogP contribution in [-0.2, 0) is 11.3 Å². The molecule has 3 heterocycles. The molecule has 1 amide bonds. The first-order valence-electron chi connectivity index (χ1n) is 10.4. The van der Waals surface area contributed by atoms with Gasteiger partial charge >= 0.3 is 0 Å². The van der Waals surface area contributed by atoms with Crippen molar-refractivity contribution >= 4 is 22.8 Å². The van der Waals surface area contributed by atoms with E-state index in [-0.39, 0.29) is 6.04 Å². The van der Waals surface area contributed by atoms with Crippen LogP contribution in [0.4, 0.5) is 5.82 Å². The number of carbonyl (C=O) groups is 1. The summed E-state index contributed by atoms with van der Waals surface area (Å²) in [6.07, 6.45) is 1.39. The van der Waals surface area contributed by atoms with Gasteiger partial charge in [-0.05, 0) is 18.6 Å². The third kappa shape index (κ3) is 4.96. The van der Waals surface area contributed by atoms with E-state index in [0.29, 0.717) is 34.7 Å². The Hall–Kier alpha value is -3.14. The number of nitrogens with two attached hydrogens (primary N) is 2. The fourth-order valence-corrected chi connectivity index (χ4v) is 3.56. The zero-order valence-electron chi connectivity index (χ0n) is 17.5. The Morgan fingerprint density at radius 2 is 1.94 bits per heavy atom. The normalized spacial score (nSPS) is 15.7. The second kappa shape index (κ2) is 9.34. The van der Waals surface area contributed by atoms with Crippen LogP contribution < -0.4 is 16.8 Å². The zero-order chi connectivity index (χ0) is 21.8. The van der Waals surface area contributed by atoms with Crippen molar-refractivity contribution in [3.63, 3.8) is 0 Å². The largest absolute Gasteiger partial charge is 0.379 e. The van der Waals surface area contributed by atoms with Gasteiger partial charge in [-0.1, -0.05) is 24.3 Å². The lowest BCUT2D eigenvalue weighted by molar-refractivity contribution is 0.0342. The first kappa shape index (κ1) is 21.1. The van der Waals surface area contributed by atoms with Crippen LogP contribution in [0.15, 0.2) is 36.7 Å². The van der Waals surface area contributed by atoms with Crippen molar-refractivity contribution in [2.24, 2.45) is 11.5 Å². The molecule has 0 bridgehead atoms. The van der Waals surface area contributed by atoms with Crippen molar-refractivity contribution < 1.29 is 9.53 Å². The molecule has 0 saturated carbocycles. The summed E-state index contributed by atoms with van der Waals surface area (Å²) < 4.78 is 5.41. The number of primary amides is 1. The van der Waals surface area contributed by atoms with E-state index < -0.39 is 5.91 Å². The van der Waals surface area contributed by atoms with E-state index in [1.54, 1.807) is 6.07 Å². The number of ether oxygens (including phenoxy) is 1. The lowest BCUT2D eigenvalue weighted by atomic mass is 10.0. The summed E-state index contributed by atoms with van der Waals surface area (Å²) in [7, 11) is 0. The number of aromatic nitrogens is 3. The van der Waals surface area contributed by atoms with Gasteiger partial charge in [-0.15, -0.1) is 0 Å². The van der Waals surface area contributed by atoms with Crippen LogP contribution in [0.3, 0.4) is 0 Å². The van der Waals surface area contributed by atoms with Crippen molar-refractivity contribution in [3.8, 4) is 11.3 Å². The van der Waals surface area contributed by atoms with Gasteiger partial charge in [-0.25, -0.2) is 15.0 Å². The van der Waals surface area contributed by atoms with Crippen LogP contribution in [0, 0.1) is 0 Å². The summed E-state index contributed by atoms with van der Waals surface area (Å²) in [6.45, 7) is 6.70. The number of benzene rings is 1. The third-order valence-electron chi connectivity index (χ3n) is 5.21. The third-order valence-corrected chi connectivity index (χ3v) is 5.21. The minimum Gasteiger partial charge on any atom is -0.379 e. The monoisotopic (exact) mass is 421 g/mol. The summed E-state index contributed by atoms with van der Waals surface area (Å²) in [5, 5.41) is 3.18. The highest BCUT2D eigenvalue weighted by molar-refractivity contribution is 6.06. The van der Waals surface area contributed by atoms with Crippen molar-refractivity contribution in [3.05, 3.63) is 47.8 Å². The number of hydrogen-bond acceptors (Lipinski definition) is 8. The Kier molecular flexibility index (Phi) is 6.36. The highest BCUT2D eigenvalue weighted by Gasteiger charge is 2.17. The summed E-state index contributed by atoms with van der Waals surface area (Å²) >= 11 is 0. The van der Waals surface area contributed by atoms with Crippen molar-refractivity contribution in [1.29, 1.82) is 0 Å². The summed E-state index contributed by atoms with van der Waals surface area (Å²) in [6, 6.07) is 9.79. The van der Waals surface area contributed by atoms with E-state index in [2.05, 4.69) is 32.3 Å². The fourth-order valence-electron chi connectivity index (χ4n) is 3.56. The number of nitrogens with one attached hydrogen (secondary N) is 1. The van der Waals surface area contributed by atoms with Crippen molar-refractivity contribution in [2.45, 2.75) is 19.5 Å². The topological polar surface area (TPSA) is 132 Å². The average Bonchev–Trinajstić information content (AvgIpc) is 2.78. The number of pyridine rings is 1. The molecule has 0 spiro atoms. The molecule has 3 aromatic rings. The summed E-state index contributed by atoms with van der Waals surface area (Å²) in [5.74, 6) is -0.0370. The number of carbonyl (C=O) groups excluding carboxylic acids is 1. The maximum atomic E-state index is 12.1. The first-order valence-corrected chi connectivity index (χ1v) is 10.4. The average molecular weight is 422 g/mol. The molecule has 1 unspecified atom stereocenters. The zero-order valence-corrected chi connectivity index (χ0v) is 17.5. The van der Waals surface area contributed by atoms with Crippen LogP contribution in [0.2, 0.25) is 0 Å². The quantitative estimate of drug-likeness (QED) is 0.521. The first-order chi connectivity index (χ1) is 15.0. The van der Waals surface area contributed by atoms with Gasteiger partial charge in [-0.3, -0.25) is 9.69 Å². The molecule has 0 aliphatic carbocycles. The van der Waals surface area contributed by atoms with Crippen LogP contribution in [0.5, 0.6) is 0 Å². The highest BCUT2D eigenvalue weighted by Crippen LogP contribution is 2.27. The molecule has 0 radical (unpaired) electrons. The number of hydrogen-bond donors (Lipinski definition) is 3. The lowest BCUT2D eigenvalue weighted by Gasteiger charge is -2.26. The molecule has 1 fully saturated rings. The molecule has 9 nitrogen and oxygen atoms in total. The van der Waals surface area contributed by atoms with Gasteiger partial charge in [0.15, 0.2) is 5.82 Å². The second-order valence-electron chi connectivity index (χ2n) is 7.78. The van der Waals surface area contributed by atoms with Crippen LogP contribution >= 0.6 is 0 Å². The smallest absolute Gasteiger partial charge is 0.251 e. The Labute approximate surface area is 180 Å². The molecule has 31 heavy (non-hydrogen) atoms. The molecule has 9 heteroatoms. The minimum absolute atomic E-state index is 0.0668. The van der Waals surface area contributed by atoms with E-state index in [0.717, 1.165) is 38.4 Å². The van der Waals surface area contributed by atoms with Crippen LogP contribution in [0.1, 0.15) is 22.8 Å². The number of morpholine rings is 1. The Morgan fingerprint density at radius 3 is 2.61 bits per heavy atom. The van der Waals surface area contributed by atoms with E-state index in [1.807, 2.05) is 19.1 Å². The van der Waals surface area contributed by atoms with Crippen molar-refractivity contribution in [1.82, 2.24) is 19.9 Å². The van der Waals surface area contributed by atoms with Crippen molar-refractivity contribution in [2.75, 3.05) is 38.2 Å². The molecule has 1 aromatic carbocycles. The second-order valence-corrected chi connectivity index (χ2v) is 7.78. The van der Waals surface area contributed by atoms with Gasteiger partial charge in [0.25, 0.3) is 5.91 Å². The molecule has 162 valence electrons. The Morgan fingerprint density at radius 1 is 1.19 bits per heavy atom. The van der Waals surface area contributed by atoms with Gasteiger partial charge in [-0.2, -0.15) is 0 Å². The molecule has 4 rings (SSSR count). The molecule has 5 N–H and O–H groups in total. The predicted octanol–water partition coefficient (Wildman–Crippen LogP) is 1.38. The summed E-state index contributed by atoms with van der Waals surface area (Å²) in [5.41, 5.74) is 15.5. The van der Waals surface area contributed by atoms with E-state index >= 15 is 0 Å². The van der Waals surface area contributed by atoms with Gasteiger partial charge in [0.05, 0.1) is 24.5 Å². The van der Waals surface area contributed by atoms with Gasteiger partial charge < -0.3 is 21.5 Å². The number of rotatable bonds is 7. The maximum absolute atomic E-state index is 12.1. The standard InChI is InChI=1S/C22H27N7O2/c1-14(23)11-25-22-20-19(26-13-27-22)17(21(24)30)10-18(28-20)16-4-2-15(3-5-16)12-29-6-8-31-9-7-29/h2-5,10,13-14H,6-9,11-12,23H2,1H3,(H2,24,30)(H,25,26,27). The maximum Gasteiger partial charge on any atom is 0.251 e. The number of fused-ring (bicyclic) bond motifs is 1. The number of amides is 1. The minimum atomic E-state index is -0.561. The molecular formula is C22H27N7O2. The predicted molar refractivity (Wildman–Crippen MR) is 120 cm³/mol. The summed E-state index contributed by atoms with van der Waals surface area (Å²) in [4.78, 5) is 27.8. The van der Waals surface area contributed by atoms with E-state index in [9.17, 15) is 4.79 Å². The fraction of sp³-hybridized carbons (Fsp3) is 0.364. The number of anilines is 1. The SMILES string of the molecule is CC(N)CNc1ncnc2c(C(N)=O)cc(-c3ccc(CN4CCOCC4)cc3)nc12. The van der Waals surface area contributed by atoms with E-state index in [4.69, 9.17) is 21.2 Å². The molecule has 2 aromatic heterocycles. The van der Waals surface area contributed by atoms with E-state index in [1.165, 1.54) is 11.9 Å². The Bertz CT molecular complexity index is 1060. The molecule has 1 saturated heterocycles. The molecule has 1 aliphatic rings. The molecule has 1 atom stereocenters. The lowest BCUT2D eigenvalue weighted by Crippen LogP contribution is -2.35.